The number of nitrogens with zero attached hydrogens (tertiary/aromatic N) is 2. The molecule has 1 amide bonds. The third kappa shape index (κ3) is 1.63. The number of hydrogen-bond acceptors (Lipinski definition) is 4. The molecular weight excluding hydrogens is 186 g/mol. The van der Waals surface area contributed by atoms with Crippen molar-refractivity contribution in [1.29, 1.82) is 5.26 Å². The van der Waals surface area contributed by atoms with Crippen molar-refractivity contribution in [2.24, 2.45) is 0 Å². The lowest BCUT2D eigenvalue weighted by Crippen LogP contribution is -2.50. The molecule has 70 valence electrons. The van der Waals surface area contributed by atoms with Gasteiger partial charge in [0.15, 0.2) is 0 Å². The number of amides is 1. The molecule has 1 heterocycles. The molecule has 0 radical (unpaired) electrons. The molecule has 1 N–H and O–H groups in total. The molecule has 1 atom stereocenters. The van der Waals surface area contributed by atoms with Gasteiger partial charge < -0.3 is 10.2 Å². The van der Waals surface area contributed by atoms with Crippen LogP contribution in [0.5, 0.6) is 0 Å². The Hall–Kier alpha value is -1.15. The van der Waals surface area contributed by atoms with E-state index in [9.17, 15) is 4.79 Å². The number of rotatable bonds is 1. The zero-order valence-electron chi connectivity index (χ0n) is 7.53. The highest BCUT2D eigenvalue weighted by Gasteiger charge is 2.27. The summed E-state index contributed by atoms with van der Waals surface area (Å²) in [4.78, 5) is 13.1. The van der Waals surface area contributed by atoms with Gasteiger partial charge in [0.2, 0.25) is 0 Å². The fraction of sp³-hybridized carbons (Fsp3) is 0.500. The molecule has 4 nitrogen and oxygen atoms in total. The summed E-state index contributed by atoms with van der Waals surface area (Å²) in [5, 5.41) is 11.8. The first-order valence-corrected chi connectivity index (χ1v) is 4.47. The highest BCUT2D eigenvalue weighted by molar-refractivity contribution is 7.84. The zero-order valence-corrected chi connectivity index (χ0v) is 8.43. The SMILES string of the molecule is CCN1C(S)=C(C#N)C(=O)NC1C. The molecule has 0 saturated heterocycles. The Morgan fingerprint density at radius 1 is 1.77 bits per heavy atom. The fourth-order valence-corrected chi connectivity index (χ4v) is 1.76. The summed E-state index contributed by atoms with van der Waals surface area (Å²) in [5.74, 6) is -0.343. The average Bonchev–Trinajstić information content (AvgIpc) is 2.04. The zero-order chi connectivity index (χ0) is 10.0. The van der Waals surface area contributed by atoms with Gasteiger partial charge in [0.25, 0.3) is 5.91 Å². The Kier molecular flexibility index (Phi) is 2.83. The predicted octanol–water partition coefficient (Wildman–Crippen LogP) is 0.449. The summed E-state index contributed by atoms with van der Waals surface area (Å²) < 4.78 is 0. The minimum Gasteiger partial charge on any atom is -0.346 e. The summed E-state index contributed by atoms with van der Waals surface area (Å²) in [6.07, 6.45) is -0.0953. The first kappa shape index (κ1) is 9.93. The number of hydrogen-bond donors (Lipinski definition) is 2. The Morgan fingerprint density at radius 2 is 2.38 bits per heavy atom. The second kappa shape index (κ2) is 3.71. The van der Waals surface area contributed by atoms with Gasteiger partial charge in [0.1, 0.15) is 11.6 Å². The molecule has 13 heavy (non-hydrogen) atoms. The van der Waals surface area contributed by atoms with E-state index in [2.05, 4.69) is 17.9 Å². The lowest BCUT2D eigenvalue weighted by atomic mass is 10.2. The molecule has 0 aromatic heterocycles. The van der Waals surface area contributed by atoms with E-state index in [4.69, 9.17) is 5.26 Å². The first-order valence-electron chi connectivity index (χ1n) is 4.02. The maximum Gasteiger partial charge on any atom is 0.266 e. The van der Waals surface area contributed by atoms with Crippen LogP contribution in [0, 0.1) is 11.3 Å². The monoisotopic (exact) mass is 197 g/mol. The van der Waals surface area contributed by atoms with Crippen molar-refractivity contribution in [3.8, 4) is 6.07 Å². The molecular formula is C8H11N3OS. The van der Waals surface area contributed by atoms with E-state index in [0.717, 1.165) is 0 Å². The van der Waals surface area contributed by atoms with Crippen LogP contribution < -0.4 is 5.32 Å². The molecule has 0 spiro atoms. The van der Waals surface area contributed by atoms with E-state index in [-0.39, 0.29) is 17.6 Å². The molecule has 0 aliphatic carbocycles. The fourth-order valence-electron chi connectivity index (χ4n) is 1.29. The lowest BCUT2D eigenvalue weighted by molar-refractivity contribution is -0.119. The van der Waals surface area contributed by atoms with Crippen LogP contribution in [0.4, 0.5) is 0 Å². The molecule has 0 aromatic carbocycles. The van der Waals surface area contributed by atoms with Crippen molar-refractivity contribution in [2.75, 3.05) is 6.54 Å². The van der Waals surface area contributed by atoms with Crippen molar-refractivity contribution >= 4 is 18.5 Å². The lowest BCUT2D eigenvalue weighted by Gasteiger charge is -2.34. The summed E-state index contributed by atoms with van der Waals surface area (Å²) in [6.45, 7) is 4.51. The van der Waals surface area contributed by atoms with Crippen molar-refractivity contribution in [1.82, 2.24) is 10.2 Å². The molecule has 1 aliphatic heterocycles. The average molecular weight is 197 g/mol. The van der Waals surface area contributed by atoms with Crippen LogP contribution in [0.3, 0.4) is 0 Å². The smallest absolute Gasteiger partial charge is 0.266 e. The number of thiol groups is 1. The molecule has 1 rings (SSSR count). The van der Waals surface area contributed by atoms with Crippen LogP contribution in [-0.4, -0.2) is 23.5 Å². The molecule has 5 heteroatoms. The van der Waals surface area contributed by atoms with E-state index < -0.39 is 0 Å². The van der Waals surface area contributed by atoms with Gasteiger partial charge in [-0.2, -0.15) is 5.26 Å². The van der Waals surface area contributed by atoms with Crippen molar-refractivity contribution < 1.29 is 4.79 Å². The summed E-state index contributed by atoms with van der Waals surface area (Å²) in [5.41, 5.74) is 0.0864. The topological polar surface area (TPSA) is 56.1 Å². The van der Waals surface area contributed by atoms with Crippen LogP contribution in [-0.2, 0) is 4.79 Å². The Labute approximate surface area is 82.6 Å². The summed E-state index contributed by atoms with van der Waals surface area (Å²) >= 11 is 4.15. The van der Waals surface area contributed by atoms with Crippen LogP contribution >= 0.6 is 12.6 Å². The molecule has 0 saturated carbocycles. The summed E-state index contributed by atoms with van der Waals surface area (Å²) in [6, 6.07) is 1.84. The minimum absolute atomic E-state index is 0.0864. The quantitative estimate of drug-likeness (QED) is 0.600. The number of nitrogens with one attached hydrogen (secondary N) is 1. The van der Waals surface area contributed by atoms with Gasteiger partial charge in [-0.25, -0.2) is 0 Å². The maximum atomic E-state index is 11.2. The third-order valence-corrected chi connectivity index (χ3v) is 2.46. The van der Waals surface area contributed by atoms with Crippen LogP contribution in [0.1, 0.15) is 13.8 Å². The van der Waals surface area contributed by atoms with Gasteiger partial charge in [-0.3, -0.25) is 4.79 Å². The van der Waals surface area contributed by atoms with Gasteiger partial charge in [-0.1, -0.05) is 0 Å². The summed E-state index contributed by atoms with van der Waals surface area (Å²) in [7, 11) is 0. The Bertz CT molecular complexity index is 305. The van der Waals surface area contributed by atoms with E-state index in [1.165, 1.54) is 0 Å². The normalized spacial score (nSPS) is 22.8. The standard InChI is InChI=1S/C8H11N3OS/c1-3-11-5(2)10-7(12)6(4-9)8(11)13/h5,13H,3H2,1-2H3,(H,10,12). The molecule has 0 bridgehead atoms. The van der Waals surface area contributed by atoms with Crippen LogP contribution in [0.2, 0.25) is 0 Å². The first-order chi connectivity index (χ1) is 6.11. The van der Waals surface area contributed by atoms with Gasteiger partial charge in [0, 0.05) is 6.54 Å². The molecule has 0 aromatic rings. The second-order valence-electron chi connectivity index (χ2n) is 2.75. The molecule has 0 fully saturated rings. The highest BCUT2D eigenvalue weighted by atomic mass is 32.1. The number of nitriles is 1. The Morgan fingerprint density at radius 3 is 2.85 bits per heavy atom. The van der Waals surface area contributed by atoms with Gasteiger partial charge in [0.05, 0.1) is 11.2 Å². The van der Waals surface area contributed by atoms with Gasteiger partial charge in [-0.05, 0) is 13.8 Å². The second-order valence-corrected chi connectivity index (χ2v) is 3.17. The van der Waals surface area contributed by atoms with Crippen molar-refractivity contribution in [3.05, 3.63) is 10.6 Å². The molecule has 1 unspecified atom stereocenters. The largest absolute Gasteiger partial charge is 0.346 e. The maximum absolute atomic E-state index is 11.2. The van der Waals surface area contributed by atoms with Gasteiger partial charge >= 0.3 is 0 Å². The predicted molar refractivity (Wildman–Crippen MR) is 51.6 cm³/mol. The van der Waals surface area contributed by atoms with Crippen molar-refractivity contribution in [3.63, 3.8) is 0 Å². The van der Waals surface area contributed by atoms with E-state index in [1.807, 2.05) is 24.8 Å². The number of carbonyl (C=O) groups excluding carboxylic acids is 1. The molecule has 1 aliphatic rings. The highest BCUT2D eigenvalue weighted by Crippen LogP contribution is 2.20. The Balaban J connectivity index is 3.10. The third-order valence-electron chi connectivity index (χ3n) is 1.98. The number of carbonyl (C=O) groups is 1. The van der Waals surface area contributed by atoms with Crippen LogP contribution in [0.25, 0.3) is 0 Å². The van der Waals surface area contributed by atoms with E-state index in [0.29, 0.717) is 11.6 Å². The minimum atomic E-state index is -0.343. The van der Waals surface area contributed by atoms with Crippen molar-refractivity contribution in [2.45, 2.75) is 20.0 Å². The van der Waals surface area contributed by atoms with E-state index >= 15 is 0 Å². The van der Waals surface area contributed by atoms with Gasteiger partial charge in [-0.15, -0.1) is 12.6 Å². The van der Waals surface area contributed by atoms with E-state index in [1.54, 1.807) is 0 Å². The van der Waals surface area contributed by atoms with Crippen LogP contribution in [0.15, 0.2) is 10.6 Å².